The number of ether oxygens (including phenoxy) is 1. The van der Waals surface area contributed by atoms with Crippen LogP contribution in [0.5, 0.6) is 5.75 Å². The van der Waals surface area contributed by atoms with Crippen LogP contribution in [0.4, 0.5) is 5.69 Å². The van der Waals surface area contributed by atoms with Gasteiger partial charge < -0.3 is 10.1 Å². The van der Waals surface area contributed by atoms with E-state index in [1.165, 1.54) is 25.3 Å². The molecule has 7 nitrogen and oxygen atoms in total. The van der Waals surface area contributed by atoms with Crippen molar-refractivity contribution in [1.82, 2.24) is 0 Å². The highest BCUT2D eigenvalue weighted by Gasteiger charge is 2.17. The van der Waals surface area contributed by atoms with E-state index >= 15 is 0 Å². The number of hydrogen-bond donors (Lipinski definition) is 1. The van der Waals surface area contributed by atoms with Gasteiger partial charge in [0.1, 0.15) is 5.75 Å². The number of hydrogen-bond acceptors (Lipinski definition) is 5. The number of amides is 1. The number of Topliss-reactive ketones (excluding diaryl/α,β-unsaturated/α-hetero) is 1. The van der Waals surface area contributed by atoms with Crippen molar-refractivity contribution in [3.8, 4) is 5.75 Å². The van der Waals surface area contributed by atoms with Gasteiger partial charge in [0, 0.05) is 21.7 Å². The number of nitrogens with one attached hydrogen (secondary N) is 1. The van der Waals surface area contributed by atoms with Gasteiger partial charge in [-0.3, -0.25) is 19.7 Å². The Balaban J connectivity index is 2.12. The standard InChI is InChI=1S/C16H13ClN2O5/c1-24-12-5-2-10(3-6-12)16(21)18-11-4-7-13(14(17)8-11)15(20)9-19(22)23/h2-8H,9H2,1H3,(H,18,21). The Morgan fingerprint density at radius 1 is 1.21 bits per heavy atom. The zero-order valence-electron chi connectivity index (χ0n) is 12.6. The zero-order chi connectivity index (χ0) is 17.7. The normalized spacial score (nSPS) is 10.1. The van der Waals surface area contributed by atoms with E-state index in [-0.39, 0.29) is 16.5 Å². The molecular formula is C16H13ClN2O5. The summed E-state index contributed by atoms with van der Waals surface area (Å²) in [6, 6.07) is 10.7. The van der Waals surface area contributed by atoms with Gasteiger partial charge >= 0.3 is 0 Å². The maximum atomic E-state index is 12.1. The highest BCUT2D eigenvalue weighted by molar-refractivity contribution is 6.34. The van der Waals surface area contributed by atoms with Crippen molar-refractivity contribution < 1.29 is 19.2 Å². The van der Waals surface area contributed by atoms with Gasteiger partial charge in [0.25, 0.3) is 12.5 Å². The molecule has 0 heterocycles. The van der Waals surface area contributed by atoms with Crippen LogP contribution >= 0.6 is 11.6 Å². The van der Waals surface area contributed by atoms with E-state index in [4.69, 9.17) is 16.3 Å². The summed E-state index contributed by atoms with van der Waals surface area (Å²) in [5.41, 5.74) is 0.828. The summed E-state index contributed by atoms with van der Waals surface area (Å²) in [6.07, 6.45) is 0. The topological polar surface area (TPSA) is 98.5 Å². The molecular weight excluding hydrogens is 336 g/mol. The van der Waals surface area contributed by atoms with Gasteiger partial charge in [-0.1, -0.05) is 11.6 Å². The Morgan fingerprint density at radius 2 is 1.88 bits per heavy atom. The van der Waals surface area contributed by atoms with Gasteiger partial charge in [-0.05, 0) is 42.5 Å². The highest BCUT2D eigenvalue weighted by Crippen LogP contribution is 2.22. The summed E-state index contributed by atoms with van der Waals surface area (Å²) in [5, 5.41) is 13.1. The molecule has 2 aromatic carbocycles. The third-order valence-corrected chi connectivity index (χ3v) is 3.46. The fraction of sp³-hybridized carbons (Fsp3) is 0.125. The van der Waals surface area contributed by atoms with E-state index in [0.717, 1.165) is 0 Å². The maximum Gasteiger partial charge on any atom is 0.265 e. The van der Waals surface area contributed by atoms with Gasteiger partial charge in [-0.15, -0.1) is 0 Å². The molecule has 124 valence electrons. The minimum absolute atomic E-state index is 0.0365. The molecule has 0 spiro atoms. The molecule has 0 unspecified atom stereocenters. The van der Waals surface area contributed by atoms with Gasteiger partial charge in [0.15, 0.2) is 0 Å². The monoisotopic (exact) mass is 348 g/mol. The summed E-state index contributed by atoms with van der Waals surface area (Å²) < 4.78 is 5.02. The average Bonchev–Trinajstić information content (AvgIpc) is 2.54. The van der Waals surface area contributed by atoms with Crippen LogP contribution < -0.4 is 10.1 Å². The second kappa shape index (κ2) is 7.56. The molecule has 1 amide bonds. The summed E-state index contributed by atoms with van der Waals surface area (Å²) >= 11 is 5.97. The molecule has 1 N–H and O–H groups in total. The van der Waals surface area contributed by atoms with Crippen LogP contribution in [0, 0.1) is 10.1 Å². The van der Waals surface area contributed by atoms with Crippen molar-refractivity contribution in [2.45, 2.75) is 0 Å². The van der Waals surface area contributed by atoms with Crippen LogP contribution in [0.2, 0.25) is 5.02 Å². The Labute approximate surface area is 142 Å². The first-order valence-electron chi connectivity index (χ1n) is 6.80. The maximum absolute atomic E-state index is 12.1. The number of benzene rings is 2. The first-order chi connectivity index (χ1) is 11.4. The average molecular weight is 349 g/mol. The van der Waals surface area contributed by atoms with Crippen LogP contribution in [0.3, 0.4) is 0 Å². The van der Waals surface area contributed by atoms with Crippen molar-refractivity contribution in [3.05, 3.63) is 68.7 Å². The summed E-state index contributed by atoms with van der Waals surface area (Å²) in [6.45, 7) is -0.836. The zero-order valence-corrected chi connectivity index (χ0v) is 13.4. The third kappa shape index (κ3) is 4.30. The predicted molar refractivity (Wildman–Crippen MR) is 88.6 cm³/mol. The quantitative estimate of drug-likeness (QED) is 0.491. The molecule has 2 rings (SSSR count). The van der Waals surface area contributed by atoms with Crippen LogP contribution in [0.1, 0.15) is 20.7 Å². The Morgan fingerprint density at radius 3 is 2.42 bits per heavy atom. The molecule has 0 aliphatic carbocycles. The van der Waals surface area contributed by atoms with Crippen LogP contribution in [0.25, 0.3) is 0 Å². The van der Waals surface area contributed by atoms with Crippen molar-refractivity contribution in [2.24, 2.45) is 0 Å². The number of nitro groups is 1. The third-order valence-electron chi connectivity index (χ3n) is 3.15. The van der Waals surface area contributed by atoms with E-state index in [2.05, 4.69) is 5.32 Å². The summed E-state index contributed by atoms with van der Waals surface area (Å²) in [7, 11) is 1.53. The molecule has 0 atom stereocenters. The van der Waals surface area contributed by atoms with Crippen LogP contribution in [0.15, 0.2) is 42.5 Å². The minimum Gasteiger partial charge on any atom is -0.497 e. The SMILES string of the molecule is COc1ccc(C(=O)Nc2ccc(C(=O)C[N+](=O)[O-])c(Cl)c2)cc1. The van der Waals surface area contributed by atoms with Crippen molar-refractivity contribution in [3.63, 3.8) is 0 Å². The van der Waals surface area contributed by atoms with E-state index < -0.39 is 17.3 Å². The molecule has 0 radical (unpaired) electrons. The lowest BCUT2D eigenvalue weighted by molar-refractivity contribution is -0.465. The molecule has 0 saturated heterocycles. The fourth-order valence-electron chi connectivity index (χ4n) is 1.97. The smallest absolute Gasteiger partial charge is 0.265 e. The molecule has 0 fully saturated rings. The van der Waals surface area contributed by atoms with Crippen LogP contribution in [-0.2, 0) is 0 Å². The molecule has 8 heteroatoms. The lowest BCUT2D eigenvalue weighted by Gasteiger charge is -2.08. The minimum atomic E-state index is -0.836. The Kier molecular flexibility index (Phi) is 5.49. The van der Waals surface area contributed by atoms with Crippen molar-refractivity contribution in [2.75, 3.05) is 19.0 Å². The van der Waals surface area contributed by atoms with E-state index in [1.807, 2.05) is 0 Å². The highest BCUT2D eigenvalue weighted by atomic mass is 35.5. The number of ketones is 1. The van der Waals surface area contributed by atoms with Crippen molar-refractivity contribution in [1.29, 1.82) is 0 Å². The molecule has 0 bridgehead atoms. The first kappa shape index (κ1) is 17.4. The molecule has 24 heavy (non-hydrogen) atoms. The number of halogens is 1. The molecule has 0 aromatic heterocycles. The fourth-order valence-corrected chi connectivity index (χ4v) is 2.25. The number of methoxy groups -OCH3 is 1. The van der Waals surface area contributed by atoms with E-state index in [0.29, 0.717) is 17.0 Å². The summed E-state index contributed by atoms with van der Waals surface area (Å²) in [4.78, 5) is 33.5. The Bertz CT molecular complexity index is 790. The largest absolute Gasteiger partial charge is 0.497 e. The lowest BCUT2D eigenvalue weighted by Crippen LogP contribution is -2.15. The Hall–Kier alpha value is -2.93. The van der Waals surface area contributed by atoms with Gasteiger partial charge in [0.05, 0.1) is 12.1 Å². The van der Waals surface area contributed by atoms with E-state index in [9.17, 15) is 19.7 Å². The number of carbonyl (C=O) groups excluding carboxylic acids is 2. The first-order valence-corrected chi connectivity index (χ1v) is 7.18. The second-order valence-corrected chi connectivity index (χ2v) is 5.20. The van der Waals surface area contributed by atoms with Gasteiger partial charge in [-0.2, -0.15) is 0 Å². The number of anilines is 1. The summed E-state index contributed by atoms with van der Waals surface area (Å²) in [5.74, 6) is -0.431. The lowest BCUT2D eigenvalue weighted by atomic mass is 10.1. The van der Waals surface area contributed by atoms with Gasteiger partial charge in [-0.25, -0.2) is 0 Å². The van der Waals surface area contributed by atoms with Crippen molar-refractivity contribution >= 4 is 29.0 Å². The number of carbonyl (C=O) groups is 2. The predicted octanol–water partition coefficient (Wildman–Crippen LogP) is 3.06. The number of rotatable bonds is 6. The van der Waals surface area contributed by atoms with E-state index in [1.54, 1.807) is 24.3 Å². The van der Waals surface area contributed by atoms with Gasteiger partial charge in [0.2, 0.25) is 5.78 Å². The second-order valence-electron chi connectivity index (χ2n) is 4.79. The molecule has 2 aromatic rings. The number of nitrogens with zero attached hydrogens (tertiary/aromatic N) is 1. The molecule has 0 saturated carbocycles. The van der Waals surface area contributed by atoms with Crippen LogP contribution in [-0.4, -0.2) is 30.3 Å². The molecule has 0 aliphatic rings. The molecule has 0 aliphatic heterocycles.